The molecule has 0 heterocycles. The Labute approximate surface area is 102 Å². The monoisotopic (exact) mass is 298 g/mol. The Morgan fingerprint density at radius 2 is 1.25 bits per heavy atom. The van der Waals surface area contributed by atoms with Gasteiger partial charge in [-0.05, 0) is 6.07 Å². The zero-order valence-electron chi connectivity index (χ0n) is 7.18. The third kappa shape index (κ3) is 2.90. The van der Waals surface area contributed by atoms with Gasteiger partial charge < -0.3 is 0 Å². The molecule has 0 N–H and O–H groups in total. The first-order chi connectivity index (χ1) is 7.03. The van der Waals surface area contributed by atoms with Crippen LogP contribution in [0.25, 0.3) is 0 Å². The number of alkyl halides is 6. The van der Waals surface area contributed by atoms with Crippen LogP contribution in [-0.4, -0.2) is 0 Å². The lowest BCUT2D eigenvalue weighted by molar-refractivity contribution is -0.140. The highest BCUT2D eigenvalue weighted by molar-refractivity contribution is 6.66. The Balaban J connectivity index is 3.45. The molecule has 0 nitrogen and oxygen atoms in total. The molecular weight excluding hydrogens is 297 g/mol. The van der Waals surface area contributed by atoms with Gasteiger partial charge in [0.25, 0.3) is 0 Å². The molecule has 0 aliphatic heterocycles. The van der Waals surface area contributed by atoms with Crippen LogP contribution in [0.15, 0.2) is 12.1 Å². The minimum Gasteiger partial charge on any atom is -0.206 e. The molecule has 0 bridgehead atoms. The highest BCUT2D eigenvalue weighted by Gasteiger charge is 2.38. The zero-order chi connectivity index (χ0) is 12.7. The normalized spacial score (nSPS) is 13.0. The SMILES string of the molecule is Fc1cc(F)c(C(Cl)(Cl)Cl)cc1C(F)(F)F. The number of halogens is 8. The van der Waals surface area contributed by atoms with Gasteiger partial charge in [-0.2, -0.15) is 13.2 Å². The molecule has 16 heavy (non-hydrogen) atoms. The molecule has 8 heteroatoms. The van der Waals surface area contributed by atoms with Crippen molar-refractivity contribution in [2.75, 3.05) is 0 Å². The highest BCUT2D eigenvalue weighted by Crippen LogP contribution is 2.42. The first-order valence-electron chi connectivity index (χ1n) is 3.67. The molecule has 0 radical (unpaired) electrons. The molecular formula is C8H2Cl3F5. The van der Waals surface area contributed by atoms with Crippen LogP contribution >= 0.6 is 34.8 Å². The van der Waals surface area contributed by atoms with Crippen LogP contribution in [0, 0.1) is 11.6 Å². The summed E-state index contributed by atoms with van der Waals surface area (Å²) in [5, 5.41) is 0. The molecule has 1 rings (SSSR count). The maximum absolute atomic E-state index is 13.1. The molecule has 0 amide bonds. The Hall–Kier alpha value is -0.260. The van der Waals surface area contributed by atoms with Crippen molar-refractivity contribution in [2.24, 2.45) is 0 Å². The fraction of sp³-hybridized carbons (Fsp3) is 0.250. The molecule has 90 valence electrons. The number of hydrogen-bond acceptors (Lipinski definition) is 0. The van der Waals surface area contributed by atoms with Crippen LogP contribution in [0.2, 0.25) is 0 Å². The number of rotatable bonds is 0. The van der Waals surface area contributed by atoms with Crippen molar-refractivity contribution in [1.82, 2.24) is 0 Å². The topological polar surface area (TPSA) is 0 Å². The molecule has 0 spiro atoms. The maximum atomic E-state index is 13.1. The molecule has 1 aromatic rings. The molecule has 0 unspecified atom stereocenters. The molecule has 0 aliphatic carbocycles. The van der Waals surface area contributed by atoms with E-state index in [0.717, 1.165) is 0 Å². The molecule has 0 aliphatic rings. The summed E-state index contributed by atoms with van der Waals surface area (Å²) in [6.07, 6.45) is -4.98. The maximum Gasteiger partial charge on any atom is 0.419 e. The first kappa shape index (κ1) is 13.8. The van der Waals surface area contributed by atoms with Gasteiger partial charge in [0.15, 0.2) is 0 Å². The summed E-state index contributed by atoms with van der Waals surface area (Å²) in [6, 6.07) is 0.164. The van der Waals surface area contributed by atoms with E-state index in [1.165, 1.54) is 0 Å². The second kappa shape index (κ2) is 4.20. The van der Waals surface area contributed by atoms with Gasteiger partial charge in [-0.1, -0.05) is 34.8 Å². The summed E-state index contributed by atoms with van der Waals surface area (Å²) in [6.45, 7) is 0. The highest BCUT2D eigenvalue weighted by atomic mass is 35.6. The largest absolute Gasteiger partial charge is 0.419 e. The standard InChI is InChI=1S/C8H2Cl3F5/c9-7(10,11)3-1-4(8(14,15)16)6(13)2-5(3)12/h1-2H. The van der Waals surface area contributed by atoms with E-state index in [1.54, 1.807) is 0 Å². The van der Waals surface area contributed by atoms with Crippen molar-refractivity contribution in [2.45, 2.75) is 9.97 Å². The van der Waals surface area contributed by atoms with Crippen molar-refractivity contribution in [1.29, 1.82) is 0 Å². The van der Waals surface area contributed by atoms with Crippen molar-refractivity contribution >= 4 is 34.8 Å². The molecule has 1 aromatic carbocycles. The van der Waals surface area contributed by atoms with Gasteiger partial charge in [-0.3, -0.25) is 0 Å². The van der Waals surface area contributed by atoms with E-state index in [-0.39, 0.29) is 12.1 Å². The summed E-state index contributed by atoms with van der Waals surface area (Å²) in [5.74, 6) is -3.12. The van der Waals surface area contributed by atoms with Crippen LogP contribution in [0.1, 0.15) is 11.1 Å². The molecule has 0 saturated carbocycles. The quantitative estimate of drug-likeness (QED) is 0.476. The Bertz CT molecular complexity index is 372. The van der Waals surface area contributed by atoms with E-state index in [9.17, 15) is 22.0 Å². The average Bonchev–Trinajstić information content (AvgIpc) is 1.97. The van der Waals surface area contributed by atoms with E-state index in [4.69, 9.17) is 34.8 Å². The molecule has 0 atom stereocenters. The Morgan fingerprint density at radius 3 is 1.62 bits per heavy atom. The van der Waals surface area contributed by atoms with Gasteiger partial charge in [0.2, 0.25) is 3.79 Å². The minimum atomic E-state index is -4.98. The van der Waals surface area contributed by atoms with Crippen molar-refractivity contribution in [3.8, 4) is 0 Å². The zero-order valence-corrected chi connectivity index (χ0v) is 9.45. The third-order valence-corrected chi connectivity index (χ3v) is 2.28. The summed E-state index contributed by atoms with van der Waals surface area (Å²) in [7, 11) is 0. The predicted molar refractivity (Wildman–Crippen MR) is 50.6 cm³/mol. The predicted octanol–water partition coefficient (Wildman–Crippen LogP) is 4.81. The summed E-state index contributed by atoms with van der Waals surface area (Å²) in [5.41, 5.74) is -2.54. The Kier molecular flexibility index (Phi) is 3.62. The van der Waals surface area contributed by atoms with Gasteiger partial charge in [0.1, 0.15) is 11.6 Å². The molecule has 0 aromatic heterocycles. The third-order valence-electron chi connectivity index (χ3n) is 1.67. The van der Waals surface area contributed by atoms with Crippen LogP contribution in [0.5, 0.6) is 0 Å². The van der Waals surface area contributed by atoms with E-state index in [2.05, 4.69) is 0 Å². The average molecular weight is 299 g/mol. The van der Waals surface area contributed by atoms with Crippen LogP contribution in [-0.2, 0) is 9.97 Å². The summed E-state index contributed by atoms with van der Waals surface area (Å²) < 4.78 is 60.3. The fourth-order valence-electron chi connectivity index (χ4n) is 0.983. The minimum absolute atomic E-state index is 0.0278. The van der Waals surface area contributed by atoms with Gasteiger partial charge in [0.05, 0.1) is 5.56 Å². The van der Waals surface area contributed by atoms with Gasteiger partial charge >= 0.3 is 6.18 Å². The second-order valence-corrected chi connectivity index (χ2v) is 5.09. The first-order valence-corrected chi connectivity index (χ1v) is 4.80. The van der Waals surface area contributed by atoms with Crippen LogP contribution < -0.4 is 0 Å². The van der Waals surface area contributed by atoms with Crippen molar-refractivity contribution < 1.29 is 22.0 Å². The molecule has 0 fully saturated rings. The summed E-state index contributed by atoms with van der Waals surface area (Å²) >= 11 is 15.7. The Morgan fingerprint density at radius 1 is 0.812 bits per heavy atom. The van der Waals surface area contributed by atoms with E-state index >= 15 is 0 Å². The van der Waals surface area contributed by atoms with Gasteiger partial charge in [-0.15, -0.1) is 0 Å². The lowest BCUT2D eigenvalue weighted by Gasteiger charge is -2.15. The van der Waals surface area contributed by atoms with E-state index < -0.39 is 32.7 Å². The van der Waals surface area contributed by atoms with E-state index in [0.29, 0.717) is 0 Å². The fourth-order valence-corrected chi connectivity index (χ4v) is 1.42. The number of hydrogen-bond donors (Lipinski definition) is 0. The van der Waals surface area contributed by atoms with E-state index in [1.807, 2.05) is 0 Å². The lowest BCUT2D eigenvalue weighted by atomic mass is 10.1. The number of benzene rings is 1. The smallest absolute Gasteiger partial charge is 0.206 e. The summed E-state index contributed by atoms with van der Waals surface area (Å²) in [4.78, 5) is 0. The second-order valence-electron chi connectivity index (χ2n) is 2.81. The van der Waals surface area contributed by atoms with Gasteiger partial charge in [-0.25, -0.2) is 8.78 Å². The molecule has 0 saturated heterocycles. The van der Waals surface area contributed by atoms with Crippen LogP contribution in [0.3, 0.4) is 0 Å². The van der Waals surface area contributed by atoms with Crippen molar-refractivity contribution in [3.63, 3.8) is 0 Å². The van der Waals surface area contributed by atoms with Gasteiger partial charge in [0, 0.05) is 11.6 Å². The van der Waals surface area contributed by atoms with Crippen LogP contribution in [0.4, 0.5) is 22.0 Å². The lowest BCUT2D eigenvalue weighted by Crippen LogP contribution is -2.13. The van der Waals surface area contributed by atoms with Crippen molar-refractivity contribution in [3.05, 3.63) is 34.9 Å².